The lowest BCUT2D eigenvalue weighted by Crippen LogP contribution is -2.03. The summed E-state index contributed by atoms with van der Waals surface area (Å²) in [6.07, 6.45) is 1.54. The van der Waals surface area contributed by atoms with Crippen molar-refractivity contribution >= 4 is 27.5 Å². The molecule has 0 bridgehead atoms. The summed E-state index contributed by atoms with van der Waals surface area (Å²) >= 11 is 8.91. The fourth-order valence-corrected chi connectivity index (χ4v) is 1.67. The summed E-state index contributed by atoms with van der Waals surface area (Å²) in [4.78, 5) is 4.07. The van der Waals surface area contributed by atoms with Crippen LogP contribution in [-0.2, 0) is 13.7 Å². The van der Waals surface area contributed by atoms with Crippen molar-refractivity contribution in [1.29, 1.82) is 0 Å². The molecule has 0 spiro atoms. The first-order valence-corrected chi connectivity index (χ1v) is 5.99. The Balaban J connectivity index is 2.07. The van der Waals surface area contributed by atoms with Gasteiger partial charge in [0.05, 0.1) is 10.7 Å². The number of ether oxygens (including phenoxy) is 1. The van der Waals surface area contributed by atoms with E-state index < -0.39 is 0 Å². The average molecular weight is 320 g/mol. The minimum atomic E-state index is -0.361. The zero-order valence-electron chi connectivity index (χ0n) is 8.95. The highest BCUT2D eigenvalue weighted by atomic mass is 79.9. The molecule has 1 heterocycles. The van der Waals surface area contributed by atoms with Crippen LogP contribution in [0.15, 0.2) is 28.9 Å². The lowest BCUT2D eigenvalue weighted by Gasteiger charge is -2.07. The molecule has 0 radical (unpaired) electrons. The monoisotopic (exact) mass is 318 g/mol. The maximum Gasteiger partial charge on any atom is 0.147 e. The fraction of sp³-hybridized carbons (Fsp3) is 0.182. The van der Waals surface area contributed by atoms with Gasteiger partial charge >= 0.3 is 0 Å². The van der Waals surface area contributed by atoms with Gasteiger partial charge in [0.2, 0.25) is 0 Å². The van der Waals surface area contributed by atoms with Crippen molar-refractivity contribution in [3.8, 4) is 5.75 Å². The minimum Gasteiger partial charge on any atom is -0.486 e. The van der Waals surface area contributed by atoms with Crippen molar-refractivity contribution in [2.45, 2.75) is 6.61 Å². The van der Waals surface area contributed by atoms with Crippen LogP contribution in [0.3, 0.4) is 0 Å². The largest absolute Gasteiger partial charge is 0.486 e. The standard InChI is InChI=1S/C11H9BrClFN2O/c1-16-10(13)5-15-11(16)6-17-7-2-3-8(12)9(14)4-7/h2-5H,6H2,1H3. The quantitative estimate of drug-likeness (QED) is 0.865. The van der Waals surface area contributed by atoms with Gasteiger partial charge in [-0.05, 0) is 28.1 Å². The number of halogens is 3. The smallest absolute Gasteiger partial charge is 0.147 e. The molecule has 0 saturated carbocycles. The van der Waals surface area contributed by atoms with E-state index in [4.69, 9.17) is 16.3 Å². The molecule has 0 amide bonds. The molecule has 90 valence electrons. The lowest BCUT2D eigenvalue weighted by molar-refractivity contribution is 0.290. The van der Waals surface area contributed by atoms with E-state index in [2.05, 4.69) is 20.9 Å². The highest BCUT2D eigenvalue weighted by molar-refractivity contribution is 9.10. The molecule has 0 unspecified atom stereocenters. The first-order valence-electron chi connectivity index (χ1n) is 4.82. The number of aromatic nitrogens is 2. The zero-order chi connectivity index (χ0) is 12.4. The molecule has 2 aromatic rings. The molecule has 0 aliphatic carbocycles. The third kappa shape index (κ3) is 2.79. The van der Waals surface area contributed by atoms with Crippen LogP contribution >= 0.6 is 27.5 Å². The van der Waals surface area contributed by atoms with E-state index in [1.165, 1.54) is 6.07 Å². The normalized spacial score (nSPS) is 10.6. The van der Waals surface area contributed by atoms with Crippen LogP contribution in [0.2, 0.25) is 5.15 Å². The van der Waals surface area contributed by atoms with Crippen molar-refractivity contribution in [3.63, 3.8) is 0 Å². The Morgan fingerprint density at radius 2 is 2.29 bits per heavy atom. The molecule has 0 atom stereocenters. The SMILES string of the molecule is Cn1c(Cl)cnc1COc1ccc(Br)c(F)c1. The molecule has 1 aromatic carbocycles. The van der Waals surface area contributed by atoms with Gasteiger partial charge in [0.1, 0.15) is 29.2 Å². The number of benzene rings is 1. The number of hydrogen-bond donors (Lipinski definition) is 0. The summed E-state index contributed by atoms with van der Waals surface area (Å²) in [5.74, 6) is 0.767. The third-order valence-electron chi connectivity index (χ3n) is 2.29. The number of rotatable bonds is 3. The van der Waals surface area contributed by atoms with Gasteiger partial charge in [0.25, 0.3) is 0 Å². The molecule has 0 N–H and O–H groups in total. The van der Waals surface area contributed by atoms with Gasteiger partial charge in [-0.3, -0.25) is 0 Å². The van der Waals surface area contributed by atoms with E-state index >= 15 is 0 Å². The topological polar surface area (TPSA) is 27.1 Å². The molecular formula is C11H9BrClFN2O. The Labute approximate surface area is 111 Å². The van der Waals surface area contributed by atoms with Gasteiger partial charge in [-0.2, -0.15) is 0 Å². The van der Waals surface area contributed by atoms with Gasteiger partial charge in [0.15, 0.2) is 0 Å². The Morgan fingerprint density at radius 3 is 2.88 bits per heavy atom. The maximum atomic E-state index is 13.2. The van der Waals surface area contributed by atoms with E-state index in [-0.39, 0.29) is 12.4 Å². The van der Waals surface area contributed by atoms with Crippen LogP contribution in [0, 0.1) is 5.82 Å². The second-order valence-corrected chi connectivity index (χ2v) is 4.66. The summed E-state index contributed by atoms with van der Waals surface area (Å²) in [5, 5.41) is 0.533. The predicted octanol–water partition coefficient (Wildman–Crippen LogP) is 3.55. The predicted molar refractivity (Wildman–Crippen MR) is 66.7 cm³/mol. The van der Waals surface area contributed by atoms with Gasteiger partial charge in [0, 0.05) is 13.1 Å². The molecule has 0 aliphatic heterocycles. The summed E-state index contributed by atoms with van der Waals surface area (Å²) in [6, 6.07) is 4.59. The van der Waals surface area contributed by atoms with Crippen LogP contribution < -0.4 is 4.74 Å². The van der Waals surface area contributed by atoms with Crippen molar-refractivity contribution in [1.82, 2.24) is 9.55 Å². The second kappa shape index (κ2) is 5.06. The molecule has 0 aliphatic rings. The third-order valence-corrected chi connectivity index (χ3v) is 3.28. The minimum absolute atomic E-state index is 0.240. The molecule has 17 heavy (non-hydrogen) atoms. The summed E-state index contributed by atoms with van der Waals surface area (Å²) in [6.45, 7) is 0.240. The molecular weight excluding hydrogens is 310 g/mol. The lowest BCUT2D eigenvalue weighted by atomic mass is 10.3. The first-order chi connectivity index (χ1) is 8.08. The van der Waals surface area contributed by atoms with Gasteiger partial charge < -0.3 is 9.30 Å². The summed E-state index contributed by atoms with van der Waals surface area (Å²) < 4.78 is 20.8. The van der Waals surface area contributed by atoms with Crippen molar-refractivity contribution in [2.24, 2.45) is 7.05 Å². The van der Waals surface area contributed by atoms with Crippen LogP contribution in [0.1, 0.15) is 5.82 Å². The van der Waals surface area contributed by atoms with Gasteiger partial charge in [-0.25, -0.2) is 9.37 Å². The van der Waals surface area contributed by atoms with Gasteiger partial charge in [-0.15, -0.1) is 0 Å². The fourth-order valence-electron chi connectivity index (χ4n) is 1.27. The highest BCUT2D eigenvalue weighted by Crippen LogP contribution is 2.21. The molecule has 2 rings (SSSR count). The van der Waals surface area contributed by atoms with Gasteiger partial charge in [-0.1, -0.05) is 11.6 Å². The highest BCUT2D eigenvalue weighted by Gasteiger charge is 2.06. The number of nitrogens with zero attached hydrogens (tertiary/aromatic N) is 2. The maximum absolute atomic E-state index is 13.2. The first kappa shape index (κ1) is 12.4. The van der Waals surface area contributed by atoms with Crippen LogP contribution in [0.4, 0.5) is 4.39 Å². The Hall–Kier alpha value is -1.07. The summed E-state index contributed by atoms with van der Waals surface area (Å²) in [7, 11) is 1.79. The van der Waals surface area contributed by atoms with Crippen molar-refractivity contribution in [2.75, 3.05) is 0 Å². The molecule has 0 fully saturated rings. The Kier molecular flexibility index (Phi) is 3.69. The zero-order valence-corrected chi connectivity index (χ0v) is 11.3. The van der Waals surface area contributed by atoms with Crippen molar-refractivity contribution in [3.05, 3.63) is 45.7 Å². The second-order valence-electron chi connectivity index (χ2n) is 3.42. The molecule has 1 aromatic heterocycles. The van der Waals surface area contributed by atoms with Crippen LogP contribution in [-0.4, -0.2) is 9.55 Å². The number of hydrogen-bond acceptors (Lipinski definition) is 2. The number of imidazole rings is 1. The van der Waals surface area contributed by atoms with E-state index in [0.29, 0.717) is 21.2 Å². The van der Waals surface area contributed by atoms with Crippen LogP contribution in [0.5, 0.6) is 5.75 Å². The Bertz CT molecular complexity index is 544. The molecule has 6 heteroatoms. The average Bonchev–Trinajstić information content (AvgIpc) is 2.62. The van der Waals surface area contributed by atoms with E-state index in [1.807, 2.05) is 0 Å². The van der Waals surface area contributed by atoms with E-state index in [0.717, 1.165) is 0 Å². The van der Waals surface area contributed by atoms with E-state index in [9.17, 15) is 4.39 Å². The van der Waals surface area contributed by atoms with E-state index in [1.54, 1.807) is 29.9 Å². The van der Waals surface area contributed by atoms with Crippen molar-refractivity contribution < 1.29 is 9.13 Å². The Morgan fingerprint density at radius 1 is 1.53 bits per heavy atom. The van der Waals surface area contributed by atoms with Crippen LogP contribution in [0.25, 0.3) is 0 Å². The molecule has 0 saturated heterocycles. The molecule has 3 nitrogen and oxygen atoms in total. The summed E-state index contributed by atoms with van der Waals surface area (Å²) in [5.41, 5.74) is 0.